The molecule has 0 aromatic heterocycles. The molecule has 1 rings (SSSR count). The Morgan fingerprint density at radius 3 is 2.29 bits per heavy atom. The van der Waals surface area contributed by atoms with Gasteiger partial charge >= 0.3 is 5.97 Å². The Labute approximate surface area is 166 Å². The van der Waals surface area contributed by atoms with Crippen LogP contribution in [0, 0.1) is 0 Å². The van der Waals surface area contributed by atoms with Crippen LogP contribution in [0.1, 0.15) is 33.3 Å². The largest absolute Gasteiger partial charge is 0.478 e. The first-order chi connectivity index (χ1) is 13.0. The monoisotopic (exact) mass is 389 g/mol. The molecule has 1 unspecified atom stereocenters. The summed E-state index contributed by atoms with van der Waals surface area (Å²) >= 11 is 0. The molecule has 0 aliphatic rings. The number of hydrogen-bond donors (Lipinski definition) is 3. The van der Waals surface area contributed by atoms with E-state index in [1.54, 1.807) is 21.0 Å². The summed E-state index contributed by atoms with van der Waals surface area (Å²) in [7, 11) is 3.29. The van der Waals surface area contributed by atoms with Gasteiger partial charge in [0, 0.05) is 24.1 Å². The van der Waals surface area contributed by atoms with Gasteiger partial charge < -0.3 is 20.6 Å². The Balaban J connectivity index is 2.77. The lowest BCUT2D eigenvalue weighted by Crippen LogP contribution is -2.55. The molecule has 0 spiro atoms. The molecule has 3 N–H and O–H groups in total. The van der Waals surface area contributed by atoms with Crippen molar-refractivity contribution in [3.05, 3.63) is 47.5 Å². The van der Waals surface area contributed by atoms with Crippen molar-refractivity contribution in [3.8, 4) is 0 Å². The van der Waals surface area contributed by atoms with Crippen molar-refractivity contribution in [2.45, 2.75) is 45.2 Å². The van der Waals surface area contributed by atoms with Crippen molar-refractivity contribution in [2.24, 2.45) is 0 Å². The summed E-state index contributed by atoms with van der Waals surface area (Å²) < 4.78 is 0. The molecular weight excluding hydrogens is 358 g/mol. The van der Waals surface area contributed by atoms with Crippen LogP contribution in [0.4, 0.5) is 0 Å². The van der Waals surface area contributed by atoms with Gasteiger partial charge in [0.1, 0.15) is 0 Å². The van der Waals surface area contributed by atoms with Crippen molar-refractivity contribution < 1.29 is 19.5 Å². The number of likely N-dealkylation sites (N-methyl/N-ethyl adjacent to an activating group) is 2. The minimum absolute atomic E-state index is 0.163. The number of nitrogens with one attached hydrogen (secondary N) is 2. The van der Waals surface area contributed by atoms with E-state index in [-0.39, 0.29) is 23.9 Å². The average Bonchev–Trinajstić information content (AvgIpc) is 2.66. The van der Waals surface area contributed by atoms with Crippen LogP contribution < -0.4 is 10.6 Å². The van der Waals surface area contributed by atoms with E-state index in [1.165, 1.54) is 17.9 Å². The SMILES string of the molecule is CNC(C(=O)NCC(=O)N(C)[C@@H](C)/C=C(\C)C(=O)O)C(C)(C)c1ccccc1. The highest BCUT2D eigenvalue weighted by Crippen LogP contribution is 2.27. The number of nitrogens with zero attached hydrogens (tertiary/aromatic N) is 1. The third kappa shape index (κ3) is 5.92. The minimum atomic E-state index is -1.03. The third-order valence-corrected chi connectivity index (χ3v) is 5.04. The number of hydrogen-bond acceptors (Lipinski definition) is 4. The van der Waals surface area contributed by atoms with Crippen LogP contribution in [0.15, 0.2) is 42.0 Å². The second-order valence-electron chi connectivity index (χ2n) is 7.43. The maximum Gasteiger partial charge on any atom is 0.331 e. The van der Waals surface area contributed by atoms with E-state index in [4.69, 9.17) is 5.11 Å². The van der Waals surface area contributed by atoms with Crippen LogP contribution >= 0.6 is 0 Å². The predicted octanol–water partition coefficient (Wildman–Crippen LogP) is 1.55. The highest BCUT2D eigenvalue weighted by molar-refractivity contribution is 5.89. The smallest absolute Gasteiger partial charge is 0.331 e. The summed E-state index contributed by atoms with van der Waals surface area (Å²) in [6.45, 7) is 6.98. The Bertz CT molecular complexity index is 728. The maximum absolute atomic E-state index is 12.7. The number of carboxylic acids is 1. The highest BCUT2D eigenvalue weighted by Gasteiger charge is 2.35. The summed E-state index contributed by atoms with van der Waals surface area (Å²) in [5.41, 5.74) is 0.691. The van der Waals surface area contributed by atoms with Crippen LogP contribution in [0.3, 0.4) is 0 Å². The van der Waals surface area contributed by atoms with E-state index in [2.05, 4.69) is 10.6 Å². The molecule has 7 nitrogen and oxygen atoms in total. The number of aliphatic carboxylic acids is 1. The molecule has 1 aromatic rings. The second kappa shape index (κ2) is 10.0. The summed E-state index contributed by atoms with van der Waals surface area (Å²) in [6.07, 6.45) is 1.50. The maximum atomic E-state index is 12.7. The predicted molar refractivity (Wildman–Crippen MR) is 109 cm³/mol. The topological polar surface area (TPSA) is 98.7 Å². The molecule has 0 heterocycles. The minimum Gasteiger partial charge on any atom is -0.478 e. The fourth-order valence-corrected chi connectivity index (χ4v) is 3.02. The zero-order valence-electron chi connectivity index (χ0n) is 17.4. The lowest BCUT2D eigenvalue weighted by atomic mass is 9.77. The lowest BCUT2D eigenvalue weighted by molar-refractivity contribution is -0.134. The van der Waals surface area contributed by atoms with Gasteiger partial charge in [0.25, 0.3) is 0 Å². The van der Waals surface area contributed by atoms with E-state index in [9.17, 15) is 14.4 Å². The molecular formula is C21H31N3O4. The highest BCUT2D eigenvalue weighted by atomic mass is 16.4. The van der Waals surface area contributed by atoms with Crippen molar-refractivity contribution in [1.29, 1.82) is 0 Å². The van der Waals surface area contributed by atoms with Gasteiger partial charge in [0.15, 0.2) is 0 Å². The van der Waals surface area contributed by atoms with Gasteiger partial charge in [0.2, 0.25) is 11.8 Å². The van der Waals surface area contributed by atoms with Gasteiger partial charge in [-0.1, -0.05) is 50.3 Å². The Kier molecular flexibility index (Phi) is 8.37. The van der Waals surface area contributed by atoms with E-state index in [0.717, 1.165) is 5.56 Å². The van der Waals surface area contributed by atoms with Gasteiger partial charge in [-0.15, -0.1) is 0 Å². The molecule has 2 amide bonds. The van der Waals surface area contributed by atoms with Crippen molar-refractivity contribution in [3.63, 3.8) is 0 Å². The van der Waals surface area contributed by atoms with Crippen LogP contribution in [0.5, 0.6) is 0 Å². The zero-order chi connectivity index (χ0) is 21.5. The summed E-state index contributed by atoms with van der Waals surface area (Å²) in [5.74, 6) is -1.60. The first-order valence-electron chi connectivity index (χ1n) is 9.20. The Morgan fingerprint density at radius 1 is 1.21 bits per heavy atom. The van der Waals surface area contributed by atoms with E-state index in [0.29, 0.717) is 0 Å². The molecule has 0 aliphatic heterocycles. The molecule has 0 aliphatic carbocycles. The van der Waals surface area contributed by atoms with Crippen LogP contribution in [-0.4, -0.2) is 60.5 Å². The Hall–Kier alpha value is -2.67. The summed E-state index contributed by atoms with van der Waals surface area (Å²) in [6, 6.07) is 8.78. The van der Waals surface area contributed by atoms with Gasteiger partial charge in [-0.05, 0) is 26.5 Å². The number of carbonyl (C=O) groups excluding carboxylic acids is 2. The molecule has 0 bridgehead atoms. The third-order valence-electron chi connectivity index (χ3n) is 5.04. The second-order valence-corrected chi connectivity index (χ2v) is 7.43. The van der Waals surface area contributed by atoms with Gasteiger partial charge in [0.05, 0.1) is 12.6 Å². The fourth-order valence-electron chi connectivity index (χ4n) is 3.02. The fraction of sp³-hybridized carbons (Fsp3) is 0.476. The lowest BCUT2D eigenvalue weighted by Gasteiger charge is -2.34. The van der Waals surface area contributed by atoms with E-state index >= 15 is 0 Å². The molecule has 0 saturated heterocycles. The first kappa shape index (κ1) is 23.4. The van der Waals surface area contributed by atoms with Crippen molar-refractivity contribution in [2.75, 3.05) is 20.6 Å². The summed E-state index contributed by atoms with van der Waals surface area (Å²) in [4.78, 5) is 37.4. The Morgan fingerprint density at radius 2 is 1.79 bits per heavy atom. The number of benzene rings is 1. The zero-order valence-corrected chi connectivity index (χ0v) is 17.4. The van der Waals surface area contributed by atoms with Crippen LogP contribution in [0.2, 0.25) is 0 Å². The molecule has 0 fully saturated rings. The molecule has 154 valence electrons. The van der Waals surface area contributed by atoms with E-state index in [1.807, 2.05) is 44.2 Å². The number of rotatable bonds is 9. The van der Waals surface area contributed by atoms with Crippen molar-refractivity contribution >= 4 is 17.8 Å². The van der Waals surface area contributed by atoms with Gasteiger partial charge in [-0.25, -0.2) is 4.79 Å². The summed E-state index contributed by atoms with van der Waals surface area (Å²) in [5, 5.41) is 14.7. The molecule has 0 radical (unpaired) electrons. The molecule has 2 atom stereocenters. The number of amides is 2. The molecule has 28 heavy (non-hydrogen) atoms. The van der Waals surface area contributed by atoms with Gasteiger partial charge in [-0.2, -0.15) is 0 Å². The molecule has 7 heteroatoms. The average molecular weight is 389 g/mol. The van der Waals surface area contributed by atoms with Crippen molar-refractivity contribution in [1.82, 2.24) is 15.5 Å². The first-order valence-corrected chi connectivity index (χ1v) is 9.20. The van der Waals surface area contributed by atoms with E-state index < -0.39 is 23.5 Å². The quantitative estimate of drug-likeness (QED) is 0.557. The molecule has 1 aromatic carbocycles. The van der Waals surface area contributed by atoms with Crippen LogP contribution in [0.25, 0.3) is 0 Å². The van der Waals surface area contributed by atoms with Gasteiger partial charge in [-0.3, -0.25) is 9.59 Å². The van der Waals surface area contributed by atoms with Crippen LogP contribution in [-0.2, 0) is 19.8 Å². The molecule has 0 saturated carbocycles. The number of carboxylic acid groups (broad SMARTS) is 1. The normalized spacial score (nSPS) is 14.1. The number of carbonyl (C=O) groups is 3. The standard InChI is InChI=1S/C21H31N3O4/c1-14(20(27)28)12-15(2)24(6)17(25)13-23-19(26)18(22-5)21(3,4)16-10-8-7-9-11-16/h7-12,15,18,22H,13H2,1-6H3,(H,23,26)(H,27,28)/b14-12+/t15-,18?/m0/s1.